The van der Waals surface area contributed by atoms with E-state index in [4.69, 9.17) is 5.11 Å². The predicted octanol–water partition coefficient (Wildman–Crippen LogP) is 0.378. The first-order valence-corrected chi connectivity index (χ1v) is 4.91. The van der Waals surface area contributed by atoms with Crippen LogP contribution in [0.5, 0.6) is 0 Å². The van der Waals surface area contributed by atoms with Crippen molar-refractivity contribution >= 4 is 5.97 Å². The Hall–Kier alpha value is -0.870. The van der Waals surface area contributed by atoms with Crippen LogP contribution in [0.3, 0.4) is 0 Å². The quantitative estimate of drug-likeness (QED) is 0.560. The summed E-state index contributed by atoms with van der Waals surface area (Å²) in [7, 11) is 0. The highest BCUT2D eigenvalue weighted by molar-refractivity contribution is 5.86. The largest absolute Gasteiger partial charge is 0.478 e. The van der Waals surface area contributed by atoms with Crippen molar-refractivity contribution in [2.45, 2.75) is 25.4 Å². The van der Waals surface area contributed by atoms with Crippen LogP contribution < -0.4 is 5.32 Å². The fourth-order valence-corrected chi connectivity index (χ4v) is 1.74. The number of rotatable bonds is 5. The van der Waals surface area contributed by atoms with Gasteiger partial charge in [-0.05, 0) is 18.8 Å². The van der Waals surface area contributed by atoms with Gasteiger partial charge >= 0.3 is 5.97 Å². The summed E-state index contributed by atoms with van der Waals surface area (Å²) in [6.07, 6.45) is 2.73. The van der Waals surface area contributed by atoms with Crippen LogP contribution in [0.4, 0.5) is 0 Å². The van der Waals surface area contributed by atoms with Crippen LogP contribution in [0, 0.1) is 5.92 Å². The third-order valence-electron chi connectivity index (χ3n) is 2.67. The van der Waals surface area contributed by atoms with Gasteiger partial charge in [0.2, 0.25) is 0 Å². The molecule has 1 saturated carbocycles. The Bertz CT molecular complexity index is 227. The lowest BCUT2D eigenvalue weighted by molar-refractivity contribution is -0.132. The van der Waals surface area contributed by atoms with Crippen molar-refractivity contribution in [1.29, 1.82) is 0 Å². The second-order valence-corrected chi connectivity index (χ2v) is 3.80. The first-order valence-electron chi connectivity index (χ1n) is 4.91. The lowest BCUT2D eigenvalue weighted by atomic mass is 10.1. The van der Waals surface area contributed by atoms with E-state index in [1.54, 1.807) is 0 Å². The fourth-order valence-electron chi connectivity index (χ4n) is 1.74. The van der Waals surface area contributed by atoms with E-state index >= 15 is 0 Å². The van der Waals surface area contributed by atoms with Gasteiger partial charge in [0.25, 0.3) is 0 Å². The molecule has 4 heteroatoms. The fraction of sp³-hybridized carbons (Fsp3) is 0.700. The van der Waals surface area contributed by atoms with Gasteiger partial charge in [0.05, 0.1) is 6.10 Å². The van der Waals surface area contributed by atoms with E-state index in [2.05, 4.69) is 11.9 Å². The average molecular weight is 199 g/mol. The number of carboxylic acids is 1. The summed E-state index contributed by atoms with van der Waals surface area (Å²) in [5.74, 6) is -0.693. The zero-order chi connectivity index (χ0) is 10.6. The number of carbonyl (C=O) groups is 1. The molecule has 0 aromatic heterocycles. The van der Waals surface area contributed by atoms with Crippen molar-refractivity contribution in [3.05, 3.63) is 12.2 Å². The van der Waals surface area contributed by atoms with Gasteiger partial charge in [-0.25, -0.2) is 4.79 Å². The summed E-state index contributed by atoms with van der Waals surface area (Å²) in [6, 6.07) is 0. The smallest absolute Gasteiger partial charge is 0.332 e. The number of aliphatic carboxylic acids is 1. The van der Waals surface area contributed by atoms with Gasteiger partial charge in [-0.3, -0.25) is 0 Å². The number of hydrogen-bond donors (Lipinski definition) is 3. The number of carboxylic acid groups (broad SMARTS) is 1. The SMILES string of the molecule is C=C(CNCC1CCCC1O)C(=O)O. The van der Waals surface area contributed by atoms with Crippen molar-refractivity contribution in [1.82, 2.24) is 5.32 Å². The molecule has 0 aliphatic heterocycles. The molecule has 4 nitrogen and oxygen atoms in total. The van der Waals surface area contributed by atoms with E-state index < -0.39 is 5.97 Å². The summed E-state index contributed by atoms with van der Waals surface area (Å²) in [4.78, 5) is 10.4. The molecule has 0 aromatic carbocycles. The van der Waals surface area contributed by atoms with E-state index in [0.717, 1.165) is 19.3 Å². The molecule has 2 unspecified atom stereocenters. The summed E-state index contributed by atoms with van der Waals surface area (Å²) in [6.45, 7) is 4.38. The highest BCUT2D eigenvalue weighted by Crippen LogP contribution is 2.24. The van der Waals surface area contributed by atoms with E-state index in [9.17, 15) is 9.90 Å². The van der Waals surface area contributed by atoms with Crippen molar-refractivity contribution < 1.29 is 15.0 Å². The Morgan fingerprint density at radius 1 is 1.50 bits per heavy atom. The molecule has 0 aromatic rings. The second kappa shape index (κ2) is 5.12. The van der Waals surface area contributed by atoms with Gasteiger partial charge in [-0.2, -0.15) is 0 Å². The van der Waals surface area contributed by atoms with E-state index in [1.807, 2.05) is 0 Å². The maximum absolute atomic E-state index is 10.4. The van der Waals surface area contributed by atoms with Gasteiger partial charge in [-0.1, -0.05) is 13.0 Å². The molecule has 2 atom stereocenters. The van der Waals surface area contributed by atoms with Gasteiger partial charge in [0, 0.05) is 18.7 Å². The summed E-state index contributed by atoms with van der Waals surface area (Å²) in [5.41, 5.74) is 0.164. The maximum Gasteiger partial charge on any atom is 0.332 e. The monoisotopic (exact) mass is 199 g/mol. The van der Waals surface area contributed by atoms with Crippen molar-refractivity contribution in [2.75, 3.05) is 13.1 Å². The highest BCUT2D eigenvalue weighted by atomic mass is 16.4. The number of aliphatic hydroxyl groups is 1. The zero-order valence-corrected chi connectivity index (χ0v) is 8.20. The molecular weight excluding hydrogens is 182 g/mol. The van der Waals surface area contributed by atoms with Crippen LogP contribution in [0.25, 0.3) is 0 Å². The molecule has 1 aliphatic carbocycles. The maximum atomic E-state index is 10.4. The normalized spacial score (nSPS) is 26.4. The number of hydrogen-bond acceptors (Lipinski definition) is 3. The molecule has 0 bridgehead atoms. The molecule has 1 fully saturated rings. The highest BCUT2D eigenvalue weighted by Gasteiger charge is 2.24. The van der Waals surface area contributed by atoms with Crippen LogP contribution in [-0.4, -0.2) is 35.4 Å². The van der Waals surface area contributed by atoms with E-state index in [0.29, 0.717) is 13.1 Å². The summed E-state index contributed by atoms with van der Waals surface area (Å²) >= 11 is 0. The predicted molar refractivity (Wildman–Crippen MR) is 53.0 cm³/mol. The second-order valence-electron chi connectivity index (χ2n) is 3.80. The van der Waals surface area contributed by atoms with Crippen molar-refractivity contribution in [3.8, 4) is 0 Å². The average Bonchev–Trinajstić information content (AvgIpc) is 2.51. The third kappa shape index (κ3) is 3.12. The molecule has 3 N–H and O–H groups in total. The van der Waals surface area contributed by atoms with Crippen LogP contribution in [0.1, 0.15) is 19.3 Å². The van der Waals surface area contributed by atoms with Crippen LogP contribution in [0.15, 0.2) is 12.2 Å². The first-order chi connectivity index (χ1) is 6.61. The molecular formula is C10H17NO3. The van der Waals surface area contributed by atoms with Crippen molar-refractivity contribution in [2.24, 2.45) is 5.92 Å². The standard InChI is InChI=1S/C10H17NO3/c1-7(10(13)14)5-11-6-8-3-2-4-9(8)12/h8-9,11-12H,1-6H2,(H,13,14). The summed E-state index contributed by atoms with van der Waals surface area (Å²) in [5, 5.41) is 21.0. The van der Waals surface area contributed by atoms with Gasteiger partial charge < -0.3 is 15.5 Å². The van der Waals surface area contributed by atoms with Crippen molar-refractivity contribution in [3.63, 3.8) is 0 Å². The molecule has 1 aliphatic rings. The first kappa shape index (κ1) is 11.2. The number of aliphatic hydroxyl groups excluding tert-OH is 1. The van der Waals surface area contributed by atoms with Gasteiger partial charge in [0.15, 0.2) is 0 Å². The minimum atomic E-state index is -0.968. The Kier molecular flexibility index (Phi) is 4.10. The number of nitrogens with one attached hydrogen (secondary N) is 1. The molecule has 0 spiro atoms. The molecule has 0 saturated heterocycles. The lowest BCUT2D eigenvalue weighted by Gasteiger charge is -2.14. The molecule has 0 amide bonds. The van der Waals surface area contributed by atoms with Crippen LogP contribution in [-0.2, 0) is 4.79 Å². The van der Waals surface area contributed by atoms with Gasteiger partial charge in [0.1, 0.15) is 0 Å². The molecule has 1 rings (SSSR count). The van der Waals surface area contributed by atoms with E-state index in [1.165, 1.54) is 0 Å². The Labute approximate surface area is 83.6 Å². The topological polar surface area (TPSA) is 69.6 Å². The van der Waals surface area contributed by atoms with Crippen LogP contribution in [0.2, 0.25) is 0 Å². The Balaban J connectivity index is 2.15. The molecule has 80 valence electrons. The minimum Gasteiger partial charge on any atom is -0.478 e. The molecule has 0 heterocycles. The Morgan fingerprint density at radius 3 is 2.71 bits per heavy atom. The van der Waals surface area contributed by atoms with Gasteiger partial charge in [-0.15, -0.1) is 0 Å². The minimum absolute atomic E-state index is 0.164. The molecule has 14 heavy (non-hydrogen) atoms. The third-order valence-corrected chi connectivity index (χ3v) is 2.67. The van der Waals surface area contributed by atoms with E-state index in [-0.39, 0.29) is 17.6 Å². The lowest BCUT2D eigenvalue weighted by Crippen LogP contribution is -2.30. The summed E-state index contributed by atoms with van der Waals surface area (Å²) < 4.78 is 0. The van der Waals surface area contributed by atoms with Crippen LogP contribution >= 0.6 is 0 Å². The zero-order valence-electron chi connectivity index (χ0n) is 8.20. The molecule has 0 radical (unpaired) electrons. The Morgan fingerprint density at radius 2 is 2.21 bits per heavy atom.